The van der Waals surface area contributed by atoms with Gasteiger partial charge in [-0.25, -0.2) is 4.98 Å². The molecule has 8 nitrogen and oxygen atoms in total. The lowest BCUT2D eigenvalue weighted by atomic mass is 10.3. The van der Waals surface area contributed by atoms with E-state index in [0.717, 1.165) is 16.9 Å². The molecular weight excluding hydrogens is 312 g/mol. The van der Waals surface area contributed by atoms with Crippen molar-refractivity contribution in [2.45, 2.75) is 19.4 Å². The maximum atomic E-state index is 5.60. The topological polar surface area (TPSA) is 61.2 Å². The molecule has 130 valence electrons. The van der Waals surface area contributed by atoms with Crippen molar-refractivity contribution in [2.75, 3.05) is 28.4 Å². The zero-order valence-electron chi connectivity index (χ0n) is 14.5. The van der Waals surface area contributed by atoms with Crippen LogP contribution in [0.1, 0.15) is 12.1 Å². The molecule has 24 heavy (non-hydrogen) atoms. The highest BCUT2D eigenvalue weighted by atomic mass is 16.7. The Balaban J connectivity index is 2.20. The maximum absolute atomic E-state index is 5.60. The number of nitrogens with zero attached hydrogens (tertiary/aromatic N) is 4. The standard InChI is InChI=1S/C16H22N4O4/c1-11-17-12-8-6-7-9-13(12)18(11)16-19(23-4)14(21-2)10-15(22-3)20(16)24-5/h6-10,14,16H,1-5H3. The lowest BCUT2D eigenvalue weighted by Gasteiger charge is -2.44. The number of methoxy groups -OCH3 is 2. The first kappa shape index (κ1) is 16.7. The highest BCUT2D eigenvalue weighted by Crippen LogP contribution is 2.34. The van der Waals surface area contributed by atoms with Gasteiger partial charge >= 0.3 is 0 Å². The van der Waals surface area contributed by atoms with E-state index < -0.39 is 12.5 Å². The van der Waals surface area contributed by atoms with E-state index in [4.69, 9.17) is 19.1 Å². The van der Waals surface area contributed by atoms with Crippen molar-refractivity contribution < 1.29 is 19.1 Å². The molecule has 0 amide bonds. The summed E-state index contributed by atoms with van der Waals surface area (Å²) in [5.41, 5.74) is 1.85. The number of hydrogen-bond acceptors (Lipinski definition) is 7. The summed E-state index contributed by atoms with van der Waals surface area (Å²) in [6.07, 6.45) is 0.844. The number of benzene rings is 1. The Bertz CT molecular complexity index is 745. The van der Waals surface area contributed by atoms with Crippen molar-refractivity contribution in [3.8, 4) is 0 Å². The molecule has 1 aliphatic rings. The van der Waals surface area contributed by atoms with Gasteiger partial charge in [0.2, 0.25) is 12.2 Å². The molecule has 0 spiro atoms. The predicted molar refractivity (Wildman–Crippen MR) is 87.1 cm³/mol. The van der Waals surface area contributed by atoms with E-state index in [9.17, 15) is 0 Å². The van der Waals surface area contributed by atoms with Gasteiger partial charge in [0.25, 0.3) is 0 Å². The van der Waals surface area contributed by atoms with Gasteiger partial charge in [0.15, 0.2) is 6.23 Å². The summed E-state index contributed by atoms with van der Waals surface area (Å²) in [6, 6.07) is 7.90. The second-order valence-electron chi connectivity index (χ2n) is 5.25. The summed E-state index contributed by atoms with van der Waals surface area (Å²) < 4.78 is 13.0. The highest BCUT2D eigenvalue weighted by Gasteiger charge is 2.41. The second-order valence-corrected chi connectivity index (χ2v) is 5.25. The fourth-order valence-corrected chi connectivity index (χ4v) is 3.00. The Morgan fingerprint density at radius 3 is 2.42 bits per heavy atom. The van der Waals surface area contributed by atoms with Crippen LogP contribution < -0.4 is 0 Å². The van der Waals surface area contributed by atoms with E-state index >= 15 is 0 Å². The van der Waals surface area contributed by atoms with E-state index in [-0.39, 0.29) is 0 Å². The molecule has 0 N–H and O–H groups in total. The number of hydrogen-bond donors (Lipinski definition) is 0. The van der Waals surface area contributed by atoms with Crippen LogP contribution in [0.2, 0.25) is 0 Å². The van der Waals surface area contributed by atoms with Crippen LogP contribution in [-0.4, -0.2) is 54.3 Å². The van der Waals surface area contributed by atoms with E-state index in [0.29, 0.717) is 5.88 Å². The fourth-order valence-electron chi connectivity index (χ4n) is 3.00. The number of para-hydroxylation sites is 2. The molecule has 3 rings (SSSR count). The summed E-state index contributed by atoms with van der Waals surface area (Å²) in [4.78, 5) is 15.8. The van der Waals surface area contributed by atoms with Crippen LogP contribution in [0.4, 0.5) is 0 Å². The molecule has 1 aliphatic heterocycles. The fraction of sp³-hybridized carbons (Fsp3) is 0.438. The monoisotopic (exact) mass is 334 g/mol. The normalized spacial score (nSPS) is 22.0. The Labute approximate surface area is 140 Å². The van der Waals surface area contributed by atoms with Crippen molar-refractivity contribution in [2.24, 2.45) is 0 Å². The second kappa shape index (κ2) is 6.78. The van der Waals surface area contributed by atoms with Gasteiger partial charge in [-0.3, -0.25) is 14.2 Å². The van der Waals surface area contributed by atoms with Gasteiger partial charge in [0.05, 0.1) is 32.4 Å². The van der Waals surface area contributed by atoms with Crippen molar-refractivity contribution in [1.29, 1.82) is 0 Å². The van der Waals surface area contributed by atoms with Gasteiger partial charge in [-0.2, -0.15) is 5.06 Å². The van der Waals surface area contributed by atoms with Gasteiger partial charge in [0.1, 0.15) is 5.82 Å². The summed E-state index contributed by atoms with van der Waals surface area (Å²) in [7, 11) is 6.37. The Morgan fingerprint density at radius 1 is 1.04 bits per heavy atom. The number of rotatable bonds is 5. The molecule has 8 heteroatoms. The lowest BCUT2D eigenvalue weighted by Crippen LogP contribution is -2.52. The van der Waals surface area contributed by atoms with Gasteiger partial charge in [-0.1, -0.05) is 12.1 Å². The van der Waals surface area contributed by atoms with Crippen LogP contribution in [-0.2, 0) is 19.1 Å². The van der Waals surface area contributed by atoms with Crippen LogP contribution in [0, 0.1) is 6.92 Å². The lowest BCUT2D eigenvalue weighted by molar-refractivity contribution is -0.348. The molecule has 2 unspecified atom stereocenters. The van der Waals surface area contributed by atoms with E-state index in [2.05, 4.69) is 4.98 Å². The Hall–Kier alpha value is -2.13. The Kier molecular flexibility index (Phi) is 4.72. The average molecular weight is 334 g/mol. The molecule has 0 aliphatic carbocycles. The van der Waals surface area contributed by atoms with Gasteiger partial charge in [-0.05, 0) is 19.1 Å². The third-order valence-electron chi connectivity index (χ3n) is 4.05. The summed E-state index contributed by atoms with van der Waals surface area (Å²) in [5, 5.41) is 3.28. The van der Waals surface area contributed by atoms with Crippen LogP contribution in [0.3, 0.4) is 0 Å². The minimum Gasteiger partial charge on any atom is -0.481 e. The van der Waals surface area contributed by atoms with E-state index in [1.165, 1.54) is 0 Å². The minimum atomic E-state index is -0.489. The molecule has 0 saturated heterocycles. The molecule has 2 heterocycles. The zero-order valence-corrected chi connectivity index (χ0v) is 14.5. The smallest absolute Gasteiger partial charge is 0.217 e. The number of ether oxygens (including phenoxy) is 2. The number of fused-ring (bicyclic) bond motifs is 1. The van der Waals surface area contributed by atoms with E-state index in [1.807, 2.05) is 35.8 Å². The minimum absolute atomic E-state index is 0.443. The zero-order chi connectivity index (χ0) is 17.3. The van der Waals surface area contributed by atoms with Crippen LogP contribution in [0.5, 0.6) is 0 Å². The maximum Gasteiger partial charge on any atom is 0.217 e. The first-order chi connectivity index (χ1) is 11.7. The predicted octanol–water partition coefficient (Wildman–Crippen LogP) is 2.00. The summed E-state index contributed by atoms with van der Waals surface area (Å²) >= 11 is 0. The number of imidazole rings is 1. The Morgan fingerprint density at radius 2 is 1.79 bits per heavy atom. The SMILES string of the molecule is COC1=CC(OC)N(OC)C(n2c(C)nc3ccccc32)N1OC. The van der Waals surface area contributed by atoms with Gasteiger partial charge in [-0.15, -0.1) is 5.06 Å². The van der Waals surface area contributed by atoms with Crippen LogP contribution in [0.15, 0.2) is 36.2 Å². The largest absolute Gasteiger partial charge is 0.481 e. The number of aryl methyl sites for hydroxylation is 1. The molecule has 1 aromatic carbocycles. The third-order valence-corrected chi connectivity index (χ3v) is 4.05. The number of hydroxylamine groups is 4. The summed E-state index contributed by atoms with van der Waals surface area (Å²) in [6.45, 7) is 1.94. The van der Waals surface area contributed by atoms with Crippen molar-refractivity contribution in [3.05, 3.63) is 42.0 Å². The highest BCUT2D eigenvalue weighted by molar-refractivity contribution is 5.76. The van der Waals surface area contributed by atoms with Crippen molar-refractivity contribution >= 4 is 11.0 Å². The molecule has 0 fully saturated rings. The molecule has 2 atom stereocenters. The first-order valence-corrected chi connectivity index (χ1v) is 7.54. The van der Waals surface area contributed by atoms with Crippen molar-refractivity contribution in [1.82, 2.24) is 19.7 Å². The van der Waals surface area contributed by atoms with Crippen LogP contribution in [0.25, 0.3) is 11.0 Å². The molecule has 2 aromatic rings. The number of aromatic nitrogens is 2. The van der Waals surface area contributed by atoms with Gasteiger partial charge in [0, 0.05) is 13.2 Å². The molecule has 0 saturated carbocycles. The molecule has 0 radical (unpaired) electrons. The van der Waals surface area contributed by atoms with E-state index in [1.54, 1.807) is 44.6 Å². The molecule has 0 bridgehead atoms. The molecule has 1 aromatic heterocycles. The molecular formula is C16H22N4O4. The van der Waals surface area contributed by atoms with Crippen LogP contribution >= 0.6 is 0 Å². The van der Waals surface area contributed by atoms with Gasteiger partial charge < -0.3 is 9.47 Å². The third kappa shape index (κ3) is 2.53. The average Bonchev–Trinajstić information content (AvgIpc) is 2.94. The van der Waals surface area contributed by atoms with Crippen molar-refractivity contribution in [3.63, 3.8) is 0 Å². The first-order valence-electron chi connectivity index (χ1n) is 7.54. The quantitative estimate of drug-likeness (QED) is 0.829. The summed E-state index contributed by atoms with van der Waals surface area (Å²) in [5.74, 6) is 1.34.